The minimum absolute atomic E-state index is 0.0400. The first-order valence-corrected chi connectivity index (χ1v) is 15.9. The van der Waals surface area contributed by atoms with Gasteiger partial charge in [0.25, 0.3) is 5.56 Å². The third kappa shape index (κ3) is 3.81. The average molecular weight is 504 g/mol. The molecule has 5 rings (SSSR count). The van der Waals surface area contributed by atoms with Crippen LogP contribution in [0.15, 0.2) is 29.1 Å². The lowest BCUT2D eigenvalue weighted by atomic mass is 9.86. The SMILES string of the molecule is CC[C@@]1(O)C(=O)OCc2c1cc1n(c2=O)Cc2c-1nc1ccc(OCC#N)cc1c2CC[Si](C)(C)C. The largest absolute Gasteiger partial charge is 0.479 e. The molecule has 0 saturated heterocycles. The van der Waals surface area contributed by atoms with Gasteiger partial charge < -0.3 is 19.1 Å². The first-order chi connectivity index (χ1) is 17.1. The van der Waals surface area contributed by atoms with E-state index in [0.29, 0.717) is 34.8 Å². The predicted molar refractivity (Wildman–Crippen MR) is 137 cm³/mol. The predicted octanol–water partition coefficient (Wildman–Crippen LogP) is 3.86. The molecule has 36 heavy (non-hydrogen) atoms. The van der Waals surface area contributed by atoms with E-state index in [2.05, 4.69) is 19.6 Å². The van der Waals surface area contributed by atoms with Crippen molar-refractivity contribution in [1.82, 2.24) is 9.55 Å². The van der Waals surface area contributed by atoms with E-state index < -0.39 is 19.6 Å². The van der Waals surface area contributed by atoms with E-state index >= 15 is 0 Å². The Labute approximate surface area is 210 Å². The van der Waals surface area contributed by atoms with E-state index in [0.717, 1.165) is 34.5 Å². The van der Waals surface area contributed by atoms with Crippen molar-refractivity contribution >= 4 is 24.9 Å². The van der Waals surface area contributed by atoms with Gasteiger partial charge in [-0.3, -0.25) is 4.79 Å². The molecule has 0 amide bonds. The van der Waals surface area contributed by atoms with Crippen LogP contribution >= 0.6 is 0 Å². The van der Waals surface area contributed by atoms with Gasteiger partial charge in [0, 0.05) is 24.6 Å². The lowest BCUT2D eigenvalue weighted by Crippen LogP contribution is -2.44. The van der Waals surface area contributed by atoms with Crippen LogP contribution in [-0.2, 0) is 34.7 Å². The van der Waals surface area contributed by atoms with Crippen LogP contribution in [0.2, 0.25) is 25.7 Å². The molecule has 2 aliphatic heterocycles. The molecule has 0 radical (unpaired) electrons. The van der Waals surface area contributed by atoms with Crippen molar-refractivity contribution in [3.05, 3.63) is 56.9 Å². The number of ether oxygens (including phenoxy) is 2. The lowest BCUT2D eigenvalue weighted by Gasteiger charge is -2.31. The first-order valence-electron chi connectivity index (χ1n) is 12.2. The van der Waals surface area contributed by atoms with Gasteiger partial charge in [-0.1, -0.05) is 32.6 Å². The number of nitriles is 1. The van der Waals surface area contributed by atoms with Gasteiger partial charge in [-0.2, -0.15) is 5.26 Å². The number of esters is 1. The first kappa shape index (κ1) is 24.2. The van der Waals surface area contributed by atoms with Crippen LogP contribution in [0.5, 0.6) is 5.75 Å². The van der Waals surface area contributed by atoms with E-state index in [1.165, 1.54) is 0 Å². The van der Waals surface area contributed by atoms with Gasteiger partial charge in [0.15, 0.2) is 12.2 Å². The van der Waals surface area contributed by atoms with E-state index in [-0.39, 0.29) is 25.2 Å². The number of hydrogen-bond acceptors (Lipinski definition) is 7. The molecule has 0 spiro atoms. The summed E-state index contributed by atoms with van der Waals surface area (Å²) < 4.78 is 12.4. The Hall–Kier alpha value is -3.48. The smallest absolute Gasteiger partial charge is 0.343 e. The molecule has 0 unspecified atom stereocenters. The molecule has 0 aliphatic carbocycles. The Morgan fingerprint density at radius 3 is 2.72 bits per heavy atom. The Morgan fingerprint density at radius 1 is 1.25 bits per heavy atom. The number of aryl methyl sites for hydroxylation is 1. The molecule has 0 bridgehead atoms. The number of carbonyl (C=O) groups is 1. The summed E-state index contributed by atoms with van der Waals surface area (Å²) in [6, 6.07) is 10.4. The fraction of sp³-hybridized carbons (Fsp3) is 0.407. The number of aliphatic hydroxyl groups is 1. The van der Waals surface area contributed by atoms with Crippen LogP contribution < -0.4 is 10.3 Å². The fourth-order valence-electron chi connectivity index (χ4n) is 5.13. The fourth-order valence-corrected chi connectivity index (χ4v) is 6.13. The number of nitrogens with zero attached hydrogens (tertiary/aromatic N) is 3. The Bertz CT molecular complexity index is 1520. The van der Waals surface area contributed by atoms with Crippen molar-refractivity contribution in [2.45, 2.75) is 64.2 Å². The van der Waals surface area contributed by atoms with E-state index in [4.69, 9.17) is 19.7 Å². The maximum absolute atomic E-state index is 13.6. The van der Waals surface area contributed by atoms with Gasteiger partial charge >= 0.3 is 5.97 Å². The summed E-state index contributed by atoms with van der Waals surface area (Å²) in [5.41, 5.74) is 2.70. The van der Waals surface area contributed by atoms with Crippen LogP contribution in [-0.4, -0.2) is 35.3 Å². The molecule has 4 heterocycles. The number of aromatic nitrogens is 2. The van der Waals surface area contributed by atoms with Gasteiger partial charge in [-0.05, 0) is 42.7 Å². The molecule has 0 fully saturated rings. The normalized spacial score (nSPS) is 18.3. The number of pyridine rings is 2. The van der Waals surface area contributed by atoms with E-state index in [1.54, 1.807) is 23.6 Å². The summed E-state index contributed by atoms with van der Waals surface area (Å²) in [6.07, 6.45) is 0.939. The highest BCUT2D eigenvalue weighted by atomic mass is 28.3. The maximum atomic E-state index is 13.6. The third-order valence-corrected chi connectivity index (χ3v) is 8.96. The summed E-state index contributed by atoms with van der Waals surface area (Å²) in [4.78, 5) is 31.0. The zero-order valence-electron chi connectivity index (χ0n) is 21.0. The van der Waals surface area contributed by atoms with Crippen molar-refractivity contribution in [2.24, 2.45) is 0 Å². The van der Waals surface area contributed by atoms with E-state index in [9.17, 15) is 14.7 Å². The van der Waals surface area contributed by atoms with Gasteiger partial charge in [-0.15, -0.1) is 0 Å². The minimum Gasteiger partial charge on any atom is -0.479 e. The lowest BCUT2D eigenvalue weighted by molar-refractivity contribution is -0.172. The molecule has 3 aromatic rings. The monoisotopic (exact) mass is 503 g/mol. The van der Waals surface area contributed by atoms with E-state index in [1.807, 2.05) is 18.2 Å². The molecule has 9 heteroatoms. The highest BCUT2D eigenvalue weighted by Gasteiger charge is 2.45. The Morgan fingerprint density at radius 2 is 2.03 bits per heavy atom. The van der Waals surface area contributed by atoms with Crippen molar-refractivity contribution in [3.8, 4) is 23.2 Å². The van der Waals surface area contributed by atoms with Crippen molar-refractivity contribution in [1.29, 1.82) is 5.26 Å². The average Bonchev–Trinajstić information content (AvgIpc) is 3.21. The van der Waals surface area contributed by atoms with Crippen LogP contribution in [0, 0.1) is 11.3 Å². The quantitative estimate of drug-likeness (QED) is 0.314. The van der Waals surface area contributed by atoms with Crippen molar-refractivity contribution in [2.75, 3.05) is 6.61 Å². The molecule has 1 aromatic carbocycles. The number of fused-ring (bicyclic) bond motifs is 5. The maximum Gasteiger partial charge on any atom is 0.343 e. The molecule has 2 aliphatic rings. The summed E-state index contributed by atoms with van der Waals surface area (Å²) in [6.45, 7) is 8.85. The van der Waals surface area contributed by atoms with Crippen LogP contribution in [0.25, 0.3) is 22.3 Å². The highest BCUT2D eigenvalue weighted by Crippen LogP contribution is 2.41. The molecule has 2 aromatic heterocycles. The van der Waals surface area contributed by atoms with Gasteiger partial charge in [0.05, 0.1) is 29.0 Å². The second-order valence-electron chi connectivity index (χ2n) is 10.7. The second-order valence-corrected chi connectivity index (χ2v) is 16.3. The number of hydrogen-bond donors (Lipinski definition) is 1. The van der Waals surface area contributed by atoms with Gasteiger partial charge in [0.2, 0.25) is 0 Å². The Kier molecular flexibility index (Phi) is 5.77. The van der Waals surface area contributed by atoms with Crippen molar-refractivity contribution < 1.29 is 19.4 Å². The summed E-state index contributed by atoms with van der Waals surface area (Å²) in [5.74, 6) is -0.126. The summed E-state index contributed by atoms with van der Waals surface area (Å²) in [5, 5.41) is 21.0. The third-order valence-electron chi connectivity index (χ3n) is 7.21. The summed E-state index contributed by atoms with van der Waals surface area (Å²) >= 11 is 0. The summed E-state index contributed by atoms with van der Waals surface area (Å²) in [7, 11) is -1.39. The molecular weight excluding hydrogens is 474 g/mol. The standard InChI is InChI=1S/C27H29N3O5Si/c1-5-27(33)21-13-23-24-19(14-30(23)25(31)20(21)15-35-26(27)32)17(8-11-36(2,3)4)18-12-16(34-10-9-28)6-7-22(18)29-24/h6-7,12-13,33H,5,8,10-11,14-15H2,1-4H3/t27-/m0/s1. The number of cyclic esters (lactones) is 1. The molecule has 0 saturated carbocycles. The topological polar surface area (TPSA) is 114 Å². The minimum atomic E-state index is -1.85. The van der Waals surface area contributed by atoms with Crippen LogP contribution in [0.1, 0.15) is 35.6 Å². The molecular formula is C27H29N3O5Si. The van der Waals surface area contributed by atoms with Crippen LogP contribution in [0.3, 0.4) is 0 Å². The Balaban J connectivity index is 1.74. The molecule has 1 N–H and O–H groups in total. The molecule has 1 atom stereocenters. The number of rotatable bonds is 6. The van der Waals surface area contributed by atoms with Crippen molar-refractivity contribution in [3.63, 3.8) is 0 Å². The number of carbonyl (C=O) groups excluding carboxylic acids is 1. The molecule has 186 valence electrons. The van der Waals surface area contributed by atoms with Crippen LogP contribution in [0.4, 0.5) is 0 Å². The zero-order valence-corrected chi connectivity index (χ0v) is 22.0. The van der Waals surface area contributed by atoms with Gasteiger partial charge in [0.1, 0.15) is 18.4 Å². The zero-order chi connectivity index (χ0) is 25.8. The van der Waals surface area contributed by atoms with Gasteiger partial charge in [-0.25, -0.2) is 9.78 Å². The number of benzene rings is 1. The molecule has 8 nitrogen and oxygen atoms in total. The second kappa shape index (κ2) is 8.57. The highest BCUT2D eigenvalue weighted by molar-refractivity contribution is 6.76.